The van der Waals surface area contributed by atoms with E-state index in [1.165, 1.54) is 13.2 Å². The van der Waals surface area contributed by atoms with Gasteiger partial charge in [-0.1, -0.05) is 36.4 Å². The fourth-order valence-corrected chi connectivity index (χ4v) is 2.55. The number of halogens is 2. The largest absolute Gasteiger partial charge is 0.494 e. The Labute approximate surface area is 177 Å². The highest BCUT2D eigenvalue weighted by Gasteiger charge is 2.11. The van der Waals surface area contributed by atoms with E-state index in [0.717, 1.165) is 11.1 Å². The van der Waals surface area contributed by atoms with Crippen LogP contribution in [0.15, 0.2) is 53.5 Å². The summed E-state index contributed by atoms with van der Waals surface area (Å²) < 4.78 is 18.7. The molecule has 0 fully saturated rings. The van der Waals surface area contributed by atoms with Crippen molar-refractivity contribution in [1.82, 2.24) is 10.6 Å². The maximum Gasteiger partial charge on any atom is 0.191 e. The Morgan fingerprint density at radius 3 is 2.52 bits per heavy atom. The Hall–Kier alpha value is -1.87. The molecule has 1 atom stereocenters. The molecule has 0 aliphatic carbocycles. The van der Waals surface area contributed by atoms with Gasteiger partial charge in [0.15, 0.2) is 17.5 Å². The molecule has 5 nitrogen and oxygen atoms in total. The quantitative estimate of drug-likeness (QED) is 0.304. The number of ether oxygens (including phenoxy) is 1. The lowest BCUT2D eigenvalue weighted by Gasteiger charge is -2.18. The number of nitrogens with zero attached hydrogens (tertiary/aromatic N) is 1. The molecule has 0 spiro atoms. The maximum atomic E-state index is 13.8. The molecule has 148 valence electrons. The zero-order chi connectivity index (χ0) is 18.8. The van der Waals surface area contributed by atoms with Gasteiger partial charge < -0.3 is 20.5 Å². The first-order valence-corrected chi connectivity index (χ1v) is 8.68. The van der Waals surface area contributed by atoms with Crippen LogP contribution in [0, 0.1) is 5.82 Å². The second kappa shape index (κ2) is 12.5. The van der Waals surface area contributed by atoms with Crippen LogP contribution in [-0.4, -0.2) is 37.9 Å². The van der Waals surface area contributed by atoms with Gasteiger partial charge in [0.2, 0.25) is 0 Å². The van der Waals surface area contributed by atoms with Crippen molar-refractivity contribution in [3.8, 4) is 5.75 Å². The Balaban J connectivity index is 0.00000364. The Morgan fingerprint density at radius 2 is 1.93 bits per heavy atom. The highest BCUT2D eigenvalue weighted by Crippen LogP contribution is 2.18. The summed E-state index contributed by atoms with van der Waals surface area (Å²) in [4.78, 5) is 4.49. The first-order valence-electron chi connectivity index (χ1n) is 8.68. The van der Waals surface area contributed by atoms with Crippen LogP contribution in [0.25, 0.3) is 0 Å². The molecule has 0 saturated carbocycles. The van der Waals surface area contributed by atoms with E-state index in [2.05, 4.69) is 15.6 Å². The molecule has 0 bridgehead atoms. The standard InChI is InChI=1S/C20H26FN3O2.HI/c1-3-22-20(23-12-15-9-10-19(26-2)18(21)11-15)24-13-17(14-25)16-7-5-4-6-8-16;/h4-11,17,25H,3,12-14H2,1-2H3,(H2,22,23,24);1H. The number of benzene rings is 2. The van der Waals surface area contributed by atoms with Gasteiger partial charge in [0, 0.05) is 19.0 Å². The third-order valence-electron chi connectivity index (χ3n) is 3.99. The Morgan fingerprint density at radius 1 is 1.19 bits per heavy atom. The summed E-state index contributed by atoms with van der Waals surface area (Å²) >= 11 is 0. The van der Waals surface area contributed by atoms with Crippen molar-refractivity contribution >= 4 is 29.9 Å². The second-order valence-corrected chi connectivity index (χ2v) is 5.84. The van der Waals surface area contributed by atoms with Crippen molar-refractivity contribution in [2.75, 3.05) is 26.8 Å². The smallest absolute Gasteiger partial charge is 0.191 e. The lowest BCUT2D eigenvalue weighted by atomic mass is 10.0. The fourth-order valence-electron chi connectivity index (χ4n) is 2.55. The zero-order valence-corrected chi connectivity index (χ0v) is 17.9. The molecule has 0 aromatic heterocycles. The maximum absolute atomic E-state index is 13.8. The number of aliphatic hydroxyl groups excluding tert-OH is 1. The number of rotatable bonds is 8. The molecular formula is C20H27FIN3O2. The lowest BCUT2D eigenvalue weighted by molar-refractivity contribution is 0.265. The Kier molecular flexibility index (Phi) is 10.7. The van der Waals surface area contributed by atoms with Crippen LogP contribution >= 0.6 is 24.0 Å². The molecule has 2 aromatic carbocycles. The zero-order valence-electron chi connectivity index (χ0n) is 15.6. The van der Waals surface area contributed by atoms with E-state index in [0.29, 0.717) is 25.6 Å². The van der Waals surface area contributed by atoms with Gasteiger partial charge in [-0.25, -0.2) is 9.38 Å². The van der Waals surface area contributed by atoms with Crippen molar-refractivity contribution in [2.24, 2.45) is 4.99 Å². The number of aliphatic imine (C=N–C) groups is 1. The number of hydrogen-bond acceptors (Lipinski definition) is 3. The van der Waals surface area contributed by atoms with Crippen molar-refractivity contribution in [3.05, 3.63) is 65.5 Å². The number of guanidine groups is 1. The van der Waals surface area contributed by atoms with Gasteiger partial charge in [-0.05, 0) is 30.2 Å². The third kappa shape index (κ3) is 7.34. The van der Waals surface area contributed by atoms with Crippen LogP contribution in [0.3, 0.4) is 0 Å². The van der Waals surface area contributed by atoms with Crippen molar-refractivity contribution in [3.63, 3.8) is 0 Å². The van der Waals surface area contributed by atoms with Crippen molar-refractivity contribution in [2.45, 2.75) is 19.4 Å². The minimum Gasteiger partial charge on any atom is -0.494 e. The normalized spacial score (nSPS) is 12.1. The van der Waals surface area contributed by atoms with Gasteiger partial charge in [-0.2, -0.15) is 0 Å². The molecule has 0 aliphatic heterocycles. The van der Waals surface area contributed by atoms with Crippen molar-refractivity contribution < 1.29 is 14.2 Å². The molecule has 1 unspecified atom stereocenters. The molecule has 2 aromatic rings. The summed E-state index contributed by atoms with van der Waals surface area (Å²) in [5.41, 5.74) is 1.82. The molecule has 0 aliphatic rings. The van der Waals surface area contributed by atoms with Gasteiger partial charge >= 0.3 is 0 Å². The van der Waals surface area contributed by atoms with Crippen LogP contribution in [0.2, 0.25) is 0 Å². The SMILES string of the molecule is CCNC(=NCc1ccc(OC)c(F)c1)NCC(CO)c1ccccc1.I. The summed E-state index contributed by atoms with van der Waals surface area (Å²) in [7, 11) is 1.44. The van der Waals surface area contributed by atoms with E-state index in [1.807, 2.05) is 37.3 Å². The van der Waals surface area contributed by atoms with E-state index >= 15 is 0 Å². The van der Waals surface area contributed by atoms with E-state index in [1.54, 1.807) is 12.1 Å². The summed E-state index contributed by atoms with van der Waals surface area (Å²) in [5, 5.41) is 16.1. The van der Waals surface area contributed by atoms with E-state index in [9.17, 15) is 9.50 Å². The highest BCUT2D eigenvalue weighted by atomic mass is 127. The van der Waals surface area contributed by atoms with Crippen LogP contribution in [0.5, 0.6) is 5.75 Å². The molecule has 0 radical (unpaired) electrons. The molecule has 3 N–H and O–H groups in total. The predicted molar refractivity (Wildman–Crippen MR) is 117 cm³/mol. The fraction of sp³-hybridized carbons (Fsp3) is 0.350. The van der Waals surface area contributed by atoms with Crippen LogP contribution in [0.1, 0.15) is 24.0 Å². The van der Waals surface area contributed by atoms with Crippen LogP contribution < -0.4 is 15.4 Å². The predicted octanol–water partition coefficient (Wildman–Crippen LogP) is 3.28. The molecular weight excluding hydrogens is 460 g/mol. The molecule has 0 saturated heterocycles. The van der Waals surface area contributed by atoms with Gasteiger partial charge in [-0.15, -0.1) is 24.0 Å². The van der Waals surface area contributed by atoms with Gasteiger partial charge in [0.25, 0.3) is 0 Å². The molecule has 7 heteroatoms. The minimum absolute atomic E-state index is 0. The number of aliphatic hydroxyl groups is 1. The molecule has 0 heterocycles. The third-order valence-corrected chi connectivity index (χ3v) is 3.99. The summed E-state index contributed by atoms with van der Waals surface area (Å²) in [6, 6.07) is 14.6. The van der Waals surface area contributed by atoms with Crippen molar-refractivity contribution in [1.29, 1.82) is 0 Å². The Bertz CT molecular complexity index is 714. The summed E-state index contributed by atoms with van der Waals surface area (Å²) in [6.07, 6.45) is 0. The number of hydrogen-bond donors (Lipinski definition) is 3. The average Bonchev–Trinajstić information content (AvgIpc) is 2.67. The topological polar surface area (TPSA) is 65.9 Å². The monoisotopic (exact) mass is 487 g/mol. The first kappa shape index (κ1) is 23.2. The lowest BCUT2D eigenvalue weighted by Crippen LogP contribution is -2.39. The number of nitrogens with one attached hydrogen (secondary N) is 2. The van der Waals surface area contributed by atoms with Gasteiger partial charge in [-0.3, -0.25) is 0 Å². The highest BCUT2D eigenvalue weighted by molar-refractivity contribution is 14.0. The summed E-state index contributed by atoms with van der Waals surface area (Å²) in [5.74, 6) is 0.413. The van der Waals surface area contributed by atoms with Crippen LogP contribution in [0.4, 0.5) is 4.39 Å². The average molecular weight is 487 g/mol. The van der Waals surface area contributed by atoms with E-state index in [-0.39, 0.29) is 42.3 Å². The molecule has 0 amide bonds. The van der Waals surface area contributed by atoms with Gasteiger partial charge in [0.05, 0.1) is 20.3 Å². The molecule has 2 rings (SSSR count). The van der Waals surface area contributed by atoms with Gasteiger partial charge in [0.1, 0.15) is 0 Å². The van der Waals surface area contributed by atoms with Crippen LogP contribution in [-0.2, 0) is 6.54 Å². The molecule has 27 heavy (non-hydrogen) atoms. The first-order chi connectivity index (χ1) is 12.7. The van der Waals surface area contributed by atoms with E-state index in [4.69, 9.17) is 4.74 Å². The number of methoxy groups -OCH3 is 1. The summed E-state index contributed by atoms with van der Waals surface area (Å²) in [6.45, 7) is 3.61. The minimum atomic E-state index is -0.400. The van der Waals surface area contributed by atoms with E-state index < -0.39 is 5.82 Å². The second-order valence-electron chi connectivity index (χ2n) is 5.84.